The van der Waals surface area contributed by atoms with Gasteiger partial charge in [0.05, 0.1) is 24.1 Å². The first-order valence-electron chi connectivity index (χ1n) is 7.53. The first-order valence-corrected chi connectivity index (χ1v) is 7.90. The molecule has 0 saturated carbocycles. The van der Waals surface area contributed by atoms with E-state index in [2.05, 4.69) is 10.3 Å². The number of halogens is 1. The third-order valence-corrected chi connectivity index (χ3v) is 4.17. The Morgan fingerprint density at radius 3 is 2.92 bits per heavy atom. The molecule has 0 fully saturated rings. The van der Waals surface area contributed by atoms with Gasteiger partial charge >= 0.3 is 0 Å². The third kappa shape index (κ3) is 2.63. The van der Waals surface area contributed by atoms with E-state index in [0.717, 1.165) is 5.69 Å². The highest BCUT2D eigenvalue weighted by atomic mass is 35.5. The number of nitrogens with zero attached hydrogens (tertiary/aromatic N) is 2. The highest BCUT2D eigenvalue weighted by Crippen LogP contribution is 2.34. The topological polar surface area (TPSA) is 58.4 Å². The molecule has 1 aliphatic rings. The van der Waals surface area contributed by atoms with E-state index in [1.807, 2.05) is 24.3 Å². The number of aromatic nitrogens is 1. The van der Waals surface area contributed by atoms with E-state index in [4.69, 9.17) is 16.0 Å². The van der Waals surface area contributed by atoms with Crippen molar-refractivity contribution in [1.29, 1.82) is 0 Å². The van der Waals surface area contributed by atoms with Crippen LogP contribution in [0.2, 0.25) is 5.02 Å². The lowest BCUT2D eigenvalue weighted by Gasteiger charge is -2.25. The van der Waals surface area contributed by atoms with Crippen LogP contribution in [-0.4, -0.2) is 15.8 Å². The number of carbonyl (C=O) groups is 1. The molecule has 4 rings (SSSR count). The van der Waals surface area contributed by atoms with Crippen LogP contribution in [0.4, 0.5) is 5.69 Å². The number of amides is 1. The van der Waals surface area contributed by atoms with Gasteiger partial charge in [0.25, 0.3) is 5.91 Å². The molecule has 3 heterocycles. The molecule has 0 bridgehead atoms. The minimum Gasteiger partial charge on any atom is -0.467 e. The van der Waals surface area contributed by atoms with Crippen LogP contribution in [0.3, 0.4) is 0 Å². The molecule has 3 aromatic rings. The maximum absolute atomic E-state index is 12.8. The number of fused-ring (bicyclic) bond motifs is 1. The summed E-state index contributed by atoms with van der Waals surface area (Å²) >= 11 is 6.06. The Labute approximate surface area is 143 Å². The number of hydrogen-bond donors (Lipinski definition) is 1. The highest BCUT2D eigenvalue weighted by Gasteiger charge is 2.38. The zero-order chi connectivity index (χ0) is 16.5. The molecule has 2 aromatic heterocycles. The number of hydrogen-bond acceptors (Lipinski definition) is 4. The molecule has 1 amide bonds. The van der Waals surface area contributed by atoms with Crippen molar-refractivity contribution in [2.45, 2.75) is 12.7 Å². The van der Waals surface area contributed by atoms with Gasteiger partial charge in [-0.1, -0.05) is 17.7 Å². The predicted octanol–water partition coefficient (Wildman–Crippen LogP) is 4.09. The van der Waals surface area contributed by atoms with Gasteiger partial charge in [0.1, 0.15) is 11.9 Å². The van der Waals surface area contributed by atoms with Crippen molar-refractivity contribution >= 4 is 23.2 Å². The molecule has 6 heteroatoms. The van der Waals surface area contributed by atoms with Gasteiger partial charge in [-0.05, 0) is 42.5 Å². The van der Waals surface area contributed by atoms with Gasteiger partial charge in [-0.2, -0.15) is 0 Å². The van der Waals surface area contributed by atoms with Crippen molar-refractivity contribution in [3.63, 3.8) is 0 Å². The molecule has 120 valence electrons. The summed E-state index contributed by atoms with van der Waals surface area (Å²) < 4.78 is 5.40. The highest BCUT2D eigenvalue weighted by molar-refractivity contribution is 6.30. The number of furan rings is 1. The number of rotatable bonds is 4. The molecular formula is C18H14ClN3O2. The molecule has 0 radical (unpaired) electrons. The molecule has 1 N–H and O–H groups in total. The largest absolute Gasteiger partial charge is 0.467 e. The van der Waals surface area contributed by atoms with E-state index in [1.54, 1.807) is 41.6 Å². The lowest BCUT2D eigenvalue weighted by atomic mass is 10.2. The lowest BCUT2D eigenvalue weighted by Crippen LogP contribution is -2.31. The van der Waals surface area contributed by atoms with E-state index in [-0.39, 0.29) is 12.1 Å². The average Bonchev–Trinajstić information content (AvgIpc) is 3.18. The van der Waals surface area contributed by atoms with Crippen LogP contribution in [0.25, 0.3) is 0 Å². The summed E-state index contributed by atoms with van der Waals surface area (Å²) in [5.41, 5.74) is 2.13. The molecule has 5 nitrogen and oxygen atoms in total. The maximum atomic E-state index is 12.8. The first-order chi connectivity index (χ1) is 11.7. The summed E-state index contributed by atoms with van der Waals surface area (Å²) in [6.45, 7) is 0.362. The molecule has 0 aliphatic carbocycles. The summed E-state index contributed by atoms with van der Waals surface area (Å²) in [4.78, 5) is 18.9. The number of nitrogens with one attached hydrogen (secondary N) is 1. The van der Waals surface area contributed by atoms with Gasteiger partial charge < -0.3 is 14.6 Å². The second-order valence-corrected chi connectivity index (χ2v) is 5.94. The lowest BCUT2D eigenvalue weighted by molar-refractivity contribution is 0.0714. The van der Waals surface area contributed by atoms with E-state index in [0.29, 0.717) is 28.6 Å². The molecule has 0 saturated heterocycles. The maximum Gasteiger partial charge on any atom is 0.258 e. The Bertz CT molecular complexity index is 879. The number of carbonyl (C=O) groups excluding carboxylic acids is 1. The quantitative estimate of drug-likeness (QED) is 0.777. The minimum absolute atomic E-state index is 0.0750. The molecule has 1 aromatic carbocycles. The second-order valence-electron chi connectivity index (χ2n) is 5.51. The van der Waals surface area contributed by atoms with Gasteiger partial charge in [0.2, 0.25) is 0 Å². The zero-order valence-electron chi connectivity index (χ0n) is 12.6. The van der Waals surface area contributed by atoms with Crippen LogP contribution in [-0.2, 0) is 6.54 Å². The zero-order valence-corrected chi connectivity index (χ0v) is 13.4. The summed E-state index contributed by atoms with van der Waals surface area (Å²) in [5, 5.41) is 3.98. The molecular weight excluding hydrogens is 326 g/mol. The number of pyridine rings is 1. The van der Waals surface area contributed by atoms with Crippen molar-refractivity contribution in [3.05, 3.63) is 83.0 Å². The molecule has 0 unspecified atom stereocenters. The van der Waals surface area contributed by atoms with Gasteiger partial charge in [-0.15, -0.1) is 0 Å². The van der Waals surface area contributed by atoms with E-state index >= 15 is 0 Å². The van der Waals surface area contributed by atoms with Crippen LogP contribution >= 0.6 is 11.6 Å². The summed E-state index contributed by atoms with van der Waals surface area (Å²) in [6.07, 6.45) is 2.91. The predicted molar refractivity (Wildman–Crippen MR) is 90.6 cm³/mol. The van der Waals surface area contributed by atoms with Crippen LogP contribution in [0.15, 0.2) is 65.4 Å². The monoisotopic (exact) mass is 339 g/mol. The Hall–Kier alpha value is -2.79. The minimum atomic E-state index is -0.378. The number of anilines is 1. The van der Waals surface area contributed by atoms with Crippen LogP contribution in [0, 0.1) is 0 Å². The van der Waals surface area contributed by atoms with Crippen molar-refractivity contribution < 1.29 is 9.21 Å². The Kier molecular flexibility index (Phi) is 3.70. The fraction of sp³-hybridized carbons (Fsp3) is 0.111. The Balaban J connectivity index is 1.70. The van der Waals surface area contributed by atoms with Crippen molar-refractivity contribution in [3.8, 4) is 0 Å². The third-order valence-electron chi connectivity index (χ3n) is 3.93. The molecule has 24 heavy (non-hydrogen) atoms. The first kappa shape index (κ1) is 14.8. The van der Waals surface area contributed by atoms with Crippen molar-refractivity contribution in [2.24, 2.45) is 0 Å². The van der Waals surface area contributed by atoms with Crippen LogP contribution in [0.1, 0.15) is 28.0 Å². The van der Waals surface area contributed by atoms with Gasteiger partial charge in [-0.3, -0.25) is 9.78 Å². The average molecular weight is 340 g/mol. The summed E-state index contributed by atoms with van der Waals surface area (Å²) in [7, 11) is 0. The van der Waals surface area contributed by atoms with Crippen LogP contribution < -0.4 is 5.32 Å². The summed E-state index contributed by atoms with van der Waals surface area (Å²) in [6, 6.07) is 14.6. The standard InChI is InChI=1S/C18H14ClN3O2/c19-12-4-1-5-13(10-12)21-17-16-15(7-2-8-20-16)18(23)22(17)11-14-6-3-9-24-14/h1-10,17,21H,11H2/t17-/m1/s1. The molecule has 1 atom stereocenters. The Morgan fingerprint density at radius 2 is 2.12 bits per heavy atom. The van der Waals surface area contributed by atoms with Crippen molar-refractivity contribution in [1.82, 2.24) is 9.88 Å². The Morgan fingerprint density at radius 1 is 1.21 bits per heavy atom. The van der Waals surface area contributed by atoms with Crippen molar-refractivity contribution in [2.75, 3.05) is 5.32 Å². The fourth-order valence-corrected chi connectivity index (χ4v) is 3.04. The van der Waals surface area contributed by atoms with Gasteiger partial charge in [0, 0.05) is 16.9 Å². The normalized spacial score (nSPS) is 16.3. The smallest absolute Gasteiger partial charge is 0.258 e. The SMILES string of the molecule is O=C1c2cccnc2[C@H](Nc2cccc(Cl)c2)N1Cc1ccco1. The van der Waals surface area contributed by atoms with E-state index in [1.165, 1.54) is 0 Å². The van der Waals surface area contributed by atoms with Gasteiger partial charge in [-0.25, -0.2) is 0 Å². The summed E-state index contributed by atoms with van der Waals surface area (Å²) in [5.74, 6) is 0.642. The van der Waals surface area contributed by atoms with E-state index < -0.39 is 0 Å². The second kappa shape index (κ2) is 6.02. The van der Waals surface area contributed by atoms with Crippen LogP contribution in [0.5, 0.6) is 0 Å². The van der Waals surface area contributed by atoms with Gasteiger partial charge in [0.15, 0.2) is 0 Å². The number of benzene rings is 1. The molecule has 1 aliphatic heterocycles. The molecule has 0 spiro atoms. The van der Waals surface area contributed by atoms with E-state index in [9.17, 15) is 4.79 Å². The fourth-order valence-electron chi connectivity index (χ4n) is 2.85.